The van der Waals surface area contributed by atoms with Gasteiger partial charge in [0.05, 0.1) is 29.1 Å². The topological polar surface area (TPSA) is 64.6 Å². The number of nitrogens with one attached hydrogen (secondary N) is 1. The van der Waals surface area contributed by atoms with Gasteiger partial charge in [0, 0.05) is 6.54 Å². The van der Waals surface area contributed by atoms with E-state index >= 15 is 0 Å². The standard InChI is InChI=1S/C18H17Cl2NO4/c1-24-16-5-3-2-4-13(16)18(23)21-9-8-17(22)25-11-12-6-7-14(19)15(20)10-12/h2-7,10H,8-9,11H2,1H3,(H,21,23). The van der Waals surface area contributed by atoms with Crippen LogP contribution in [0.5, 0.6) is 5.75 Å². The van der Waals surface area contributed by atoms with Crippen molar-refractivity contribution in [1.82, 2.24) is 5.32 Å². The Labute approximate surface area is 155 Å². The van der Waals surface area contributed by atoms with Crippen molar-refractivity contribution in [2.75, 3.05) is 13.7 Å². The van der Waals surface area contributed by atoms with Gasteiger partial charge in [-0.3, -0.25) is 9.59 Å². The minimum Gasteiger partial charge on any atom is -0.496 e. The summed E-state index contributed by atoms with van der Waals surface area (Å²) in [4.78, 5) is 23.8. The summed E-state index contributed by atoms with van der Waals surface area (Å²) in [6, 6.07) is 11.9. The minimum atomic E-state index is -0.425. The molecule has 0 unspecified atom stereocenters. The first-order valence-corrected chi connectivity index (χ1v) is 8.27. The van der Waals surface area contributed by atoms with Gasteiger partial charge in [0.15, 0.2) is 0 Å². The van der Waals surface area contributed by atoms with Crippen LogP contribution in [0.2, 0.25) is 10.0 Å². The second kappa shape index (κ2) is 9.30. The zero-order valence-corrected chi connectivity index (χ0v) is 15.1. The van der Waals surface area contributed by atoms with E-state index in [-0.39, 0.29) is 25.5 Å². The normalized spacial score (nSPS) is 10.2. The van der Waals surface area contributed by atoms with Crippen molar-refractivity contribution in [3.63, 3.8) is 0 Å². The molecule has 0 aliphatic carbocycles. The van der Waals surface area contributed by atoms with Gasteiger partial charge in [-0.1, -0.05) is 41.4 Å². The number of hydrogen-bond donors (Lipinski definition) is 1. The van der Waals surface area contributed by atoms with Crippen molar-refractivity contribution >= 4 is 35.1 Å². The Morgan fingerprint density at radius 1 is 1.08 bits per heavy atom. The Hall–Kier alpha value is -2.24. The summed E-state index contributed by atoms with van der Waals surface area (Å²) in [5, 5.41) is 3.50. The maximum Gasteiger partial charge on any atom is 0.307 e. The van der Waals surface area contributed by atoms with Crippen molar-refractivity contribution in [3.05, 3.63) is 63.6 Å². The van der Waals surface area contributed by atoms with Crippen LogP contribution in [-0.4, -0.2) is 25.5 Å². The van der Waals surface area contributed by atoms with Gasteiger partial charge in [-0.05, 0) is 29.8 Å². The smallest absolute Gasteiger partial charge is 0.307 e. The number of hydrogen-bond acceptors (Lipinski definition) is 4. The number of halogens is 2. The average Bonchev–Trinajstić information content (AvgIpc) is 2.62. The molecule has 25 heavy (non-hydrogen) atoms. The van der Waals surface area contributed by atoms with Crippen molar-refractivity contribution in [2.24, 2.45) is 0 Å². The lowest BCUT2D eigenvalue weighted by molar-refractivity contribution is -0.144. The second-order valence-electron chi connectivity index (χ2n) is 5.12. The molecule has 2 aromatic carbocycles. The number of amides is 1. The summed E-state index contributed by atoms with van der Waals surface area (Å²) in [5.74, 6) is -0.261. The molecule has 2 aromatic rings. The Balaban J connectivity index is 1.76. The van der Waals surface area contributed by atoms with E-state index < -0.39 is 5.97 Å². The molecule has 2 rings (SSSR count). The molecule has 132 valence electrons. The third-order valence-electron chi connectivity index (χ3n) is 3.35. The lowest BCUT2D eigenvalue weighted by Gasteiger charge is -2.09. The van der Waals surface area contributed by atoms with Gasteiger partial charge in [-0.2, -0.15) is 0 Å². The van der Waals surface area contributed by atoms with Gasteiger partial charge >= 0.3 is 5.97 Å². The largest absolute Gasteiger partial charge is 0.496 e. The molecule has 1 N–H and O–H groups in total. The zero-order chi connectivity index (χ0) is 18.2. The summed E-state index contributed by atoms with van der Waals surface area (Å²) in [5.41, 5.74) is 1.15. The number of carbonyl (C=O) groups is 2. The van der Waals surface area contributed by atoms with Crippen LogP contribution in [0, 0.1) is 0 Å². The first kappa shape index (κ1) is 19.1. The fourth-order valence-corrected chi connectivity index (χ4v) is 2.39. The van der Waals surface area contributed by atoms with Gasteiger partial charge in [-0.25, -0.2) is 0 Å². The number of methoxy groups -OCH3 is 1. The molecule has 0 spiro atoms. The summed E-state index contributed by atoms with van der Waals surface area (Å²) in [6.45, 7) is 0.257. The molecule has 5 nitrogen and oxygen atoms in total. The highest BCUT2D eigenvalue weighted by Gasteiger charge is 2.12. The van der Waals surface area contributed by atoms with Gasteiger partial charge < -0.3 is 14.8 Å². The molecule has 0 fully saturated rings. The maximum atomic E-state index is 12.1. The van der Waals surface area contributed by atoms with Gasteiger partial charge in [0.2, 0.25) is 0 Å². The van der Waals surface area contributed by atoms with Crippen LogP contribution in [0.3, 0.4) is 0 Å². The molecule has 0 atom stereocenters. The number of para-hydroxylation sites is 1. The van der Waals surface area contributed by atoms with Crippen LogP contribution in [-0.2, 0) is 16.1 Å². The number of benzene rings is 2. The Bertz CT molecular complexity index is 764. The highest BCUT2D eigenvalue weighted by Crippen LogP contribution is 2.23. The SMILES string of the molecule is COc1ccccc1C(=O)NCCC(=O)OCc1ccc(Cl)c(Cl)c1. The molecular weight excluding hydrogens is 365 g/mol. The van der Waals surface area contributed by atoms with Gasteiger partial charge in [-0.15, -0.1) is 0 Å². The number of ether oxygens (including phenoxy) is 2. The average molecular weight is 382 g/mol. The molecule has 7 heteroatoms. The molecule has 1 amide bonds. The van der Waals surface area contributed by atoms with E-state index in [4.69, 9.17) is 32.7 Å². The lowest BCUT2D eigenvalue weighted by atomic mass is 10.2. The zero-order valence-electron chi connectivity index (χ0n) is 13.6. The van der Waals surface area contributed by atoms with Crippen molar-refractivity contribution in [3.8, 4) is 5.75 Å². The summed E-state index contributed by atoms with van der Waals surface area (Å²) in [7, 11) is 1.49. The predicted molar refractivity (Wildman–Crippen MR) is 96.2 cm³/mol. The third-order valence-corrected chi connectivity index (χ3v) is 4.09. The molecule has 0 saturated heterocycles. The summed E-state index contributed by atoms with van der Waals surface area (Å²) >= 11 is 11.7. The molecule has 0 aliphatic heterocycles. The summed E-state index contributed by atoms with van der Waals surface area (Å²) < 4.78 is 10.3. The van der Waals surface area contributed by atoms with Crippen LogP contribution >= 0.6 is 23.2 Å². The van der Waals surface area contributed by atoms with Crippen LogP contribution in [0.4, 0.5) is 0 Å². The fourth-order valence-electron chi connectivity index (χ4n) is 2.07. The van der Waals surface area contributed by atoms with E-state index in [1.54, 1.807) is 42.5 Å². The first-order valence-electron chi connectivity index (χ1n) is 7.52. The molecular formula is C18H17Cl2NO4. The Morgan fingerprint density at radius 3 is 2.56 bits per heavy atom. The second-order valence-corrected chi connectivity index (χ2v) is 5.93. The minimum absolute atomic E-state index is 0.0577. The maximum absolute atomic E-state index is 12.1. The highest BCUT2D eigenvalue weighted by atomic mass is 35.5. The van der Waals surface area contributed by atoms with Crippen LogP contribution in [0.1, 0.15) is 22.3 Å². The summed E-state index contributed by atoms with van der Waals surface area (Å²) in [6.07, 6.45) is 0.0577. The number of rotatable bonds is 7. The molecule has 0 radical (unpaired) electrons. The van der Waals surface area contributed by atoms with E-state index in [1.165, 1.54) is 7.11 Å². The van der Waals surface area contributed by atoms with E-state index in [0.29, 0.717) is 21.4 Å². The van der Waals surface area contributed by atoms with E-state index in [2.05, 4.69) is 5.32 Å². The van der Waals surface area contributed by atoms with Crippen molar-refractivity contribution < 1.29 is 19.1 Å². The van der Waals surface area contributed by atoms with Crippen molar-refractivity contribution in [1.29, 1.82) is 0 Å². The fraction of sp³-hybridized carbons (Fsp3) is 0.222. The van der Waals surface area contributed by atoms with Crippen molar-refractivity contribution in [2.45, 2.75) is 13.0 Å². The van der Waals surface area contributed by atoms with E-state index in [0.717, 1.165) is 5.56 Å². The van der Waals surface area contributed by atoms with Crippen LogP contribution < -0.4 is 10.1 Å². The van der Waals surface area contributed by atoms with Crippen LogP contribution in [0.25, 0.3) is 0 Å². The quantitative estimate of drug-likeness (QED) is 0.739. The Kier molecular flexibility index (Phi) is 7.10. The number of esters is 1. The van der Waals surface area contributed by atoms with E-state index in [1.807, 2.05) is 0 Å². The molecule has 0 aromatic heterocycles. The molecule has 0 saturated carbocycles. The molecule has 0 bridgehead atoms. The molecule has 0 aliphatic rings. The monoisotopic (exact) mass is 381 g/mol. The molecule has 0 heterocycles. The van der Waals surface area contributed by atoms with Gasteiger partial charge in [0.25, 0.3) is 5.91 Å². The number of carbonyl (C=O) groups excluding carboxylic acids is 2. The Morgan fingerprint density at radius 2 is 1.84 bits per heavy atom. The lowest BCUT2D eigenvalue weighted by Crippen LogP contribution is -2.26. The highest BCUT2D eigenvalue weighted by molar-refractivity contribution is 6.42. The first-order chi connectivity index (χ1) is 12.0. The third kappa shape index (κ3) is 5.66. The predicted octanol–water partition coefficient (Wildman–Crippen LogP) is 3.87. The van der Waals surface area contributed by atoms with Gasteiger partial charge in [0.1, 0.15) is 12.4 Å². The van der Waals surface area contributed by atoms with E-state index in [9.17, 15) is 9.59 Å². The van der Waals surface area contributed by atoms with Crippen LogP contribution in [0.15, 0.2) is 42.5 Å².